The summed E-state index contributed by atoms with van der Waals surface area (Å²) in [5, 5.41) is 10.8. The molecule has 0 aliphatic carbocycles. The van der Waals surface area contributed by atoms with E-state index in [9.17, 15) is 0 Å². The van der Waals surface area contributed by atoms with E-state index in [2.05, 4.69) is 25.7 Å². The minimum atomic E-state index is 0.440. The first kappa shape index (κ1) is 16.1. The van der Waals surface area contributed by atoms with E-state index < -0.39 is 0 Å². The zero-order valence-corrected chi connectivity index (χ0v) is 14.1. The minimum Gasteiger partial charge on any atom is -0.496 e. The predicted octanol–water partition coefficient (Wildman–Crippen LogP) is 3.23. The quantitative estimate of drug-likeness (QED) is 0.715. The van der Waals surface area contributed by atoms with Crippen molar-refractivity contribution < 1.29 is 4.74 Å². The van der Waals surface area contributed by atoms with Crippen LogP contribution in [-0.4, -0.2) is 26.9 Å². The van der Waals surface area contributed by atoms with Crippen LogP contribution in [0.25, 0.3) is 0 Å². The van der Waals surface area contributed by atoms with Gasteiger partial charge in [0.1, 0.15) is 10.8 Å². The molecule has 0 aliphatic heterocycles. The van der Waals surface area contributed by atoms with E-state index in [-0.39, 0.29) is 0 Å². The molecular weight excluding hydrogens is 328 g/mol. The summed E-state index contributed by atoms with van der Waals surface area (Å²) in [4.78, 5) is 8.58. The summed E-state index contributed by atoms with van der Waals surface area (Å²) in [5.74, 6) is 1.79. The molecule has 0 aliphatic rings. The number of aryl methyl sites for hydroxylation is 1. The van der Waals surface area contributed by atoms with Crippen molar-refractivity contribution >= 4 is 29.1 Å². The second-order valence-corrected chi connectivity index (χ2v) is 5.49. The second-order valence-electron chi connectivity index (χ2n) is 5.08. The Hall–Kier alpha value is -2.80. The Bertz CT molecular complexity index is 835. The van der Waals surface area contributed by atoms with Crippen LogP contribution in [0.15, 0.2) is 42.9 Å². The fourth-order valence-electron chi connectivity index (χ4n) is 2.19. The molecule has 0 unspecified atom stereocenters. The Balaban J connectivity index is 1.74. The number of nitrogens with zero attached hydrogens (tertiary/aromatic N) is 4. The molecule has 124 valence electrons. The van der Waals surface area contributed by atoms with Gasteiger partial charge in [0.25, 0.3) is 0 Å². The van der Waals surface area contributed by atoms with Crippen molar-refractivity contribution in [3.63, 3.8) is 0 Å². The maximum atomic E-state index is 6.18. The summed E-state index contributed by atoms with van der Waals surface area (Å²) in [6.45, 7) is 0.535. The van der Waals surface area contributed by atoms with E-state index in [1.54, 1.807) is 24.2 Å². The Morgan fingerprint density at radius 3 is 2.83 bits per heavy atom. The molecule has 1 aromatic carbocycles. The maximum Gasteiger partial charge on any atom is 0.229 e. The second kappa shape index (κ2) is 7.18. The number of anilines is 3. The van der Waals surface area contributed by atoms with Gasteiger partial charge in [-0.3, -0.25) is 4.68 Å². The molecule has 0 radical (unpaired) electrons. The number of aromatic nitrogens is 4. The first-order valence-corrected chi connectivity index (χ1v) is 7.67. The Morgan fingerprint density at radius 1 is 1.25 bits per heavy atom. The summed E-state index contributed by atoms with van der Waals surface area (Å²) in [6.07, 6.45) is 5.08. The lowest BCUT2D eigenvalue weighted by Crippen LogP contribution is -2.06. The van der Waals surface area contributed by atoms with Crippen molar-refractivity contribution in [1.29, 1.82) is 0 Å². The third kappa shape index (κ3) is 3.75. The third-order valence-electron chi connectivity index (χ3n) is 3.34. The normalized spacial score (nSPS) is 10.5. The van der Waals surface area contributed by atoms with E-state index in [1.165, 1.54) is 0 Å². The molecule has 0 amide bonds. The summed E-state index contributed by atoms with van der Waals surface area (Å²) in [5.41, 5.74) is 1.81. The van der Waals surface area contributed by atoms with Crippen LogP contribution in [0.4, 0.5) is 17.5 Å². The van der Waals surface area contributed by atoms with Crippen molar-refractivity contribution in [2.24, 2.45) is 7.05 Å². The average Bonchev–Trinajstić information content (AvgIpc) is 3.00. The number of rotatable bonds is 6. The van der Waals surface area contributed by atoms with E-state index in [1.807, 2.05) is 37.5 Å². The topological polar surface area (TPSA) is 76.9 Å². The van der Waals surface area contributed by atoms with Crippen LogP contribution in [0.2, 0.25) is 5.02 Å². The third-order valence-corrected chi connectivity index (χ3v) is 3.62. The first-order valence-electron chi connectivity index (χ1n) is 7.29. The molecule has 0 spiro atoms. The van der Waals surface area contributed by atoms with Gasteiger partial charge >= 0.3 is 0 Å². The van der Waals surface area contributed by atoms with Gasteiger partial charge in [0.05, 0.1) is 25.2 Å². The number of hydrogen-bond acceptors (Lipinski definition) is 6. The van der Waals surface area contributed by atoms with Gasteiger partial charge in [0, 0.05) is 25.4 Å². The number of nitrogens with one attached hydrogen (secondary N) is 2. The van der Waals surface area contributed by atoms with E-state index in [0.29, 0.717) is 23.3 Å². The Kier molecular flexibility index (Phi) is 4.81. The first-order chi connectivity index (χ1) is 11.7. The molecule has 2 N–H and O–H groups in total. The highest BCUT2D eigenvalue weighted by molar-refractivity contribution is 6.32. The fraction of sp³-hybridized carbons (Fsp3) is 0.188. The molecule has 7 nitrogen and oxygen atoms in total. The number of ether oxygens (including phenoxy) is 1. The molecular formula is C16H17ClN6O. The van der Waals surface area contributed by atoms with Gasteiger partial charge in [-0.05, 0) is 6.07 Å². The van der Waals surface area contributed by atoms with Gasteiger partial charge in [0.2, 0.25) is 5.95 Å². The van der Waals surface area contributed by atoms with E-state index >= 15 is 0 Å². The SMILES string of the molecule is COc1ccccc1CNc1nc(Nc2cnn(C)c2)ncc1Cl. The minimum absolute atomic E-state index is 0.440. The molecule has 24 heavy (non-hydrogen) atoms. The molecule has 0 atom stereocenters. The lowest BCUT2D eigenvalue weighted by atomic mass is 10.2. The number of methoxy groups -OCH3 is 1. The highest BCUT2D eigenvalue weighted by atomic mass is 35.5. The smallest absolute Gasteiger partial charge is 0.229 e. The van der Waals surface area contributed by atoms with Gasteiger partial charge in [-0.1, -0.05) is 29.8 Å². The van der Waals surface area contributed by atoms with Gasteiger partial charge in [-0.2, -0.15) is 10.1 Å². The molecule has 0 fully saturated rings. The lowest BCUT2D eigenvalue weighted by molar-refractivity contribution is 0.410. The van der Waals surface area contributed by atoms with Crippen LogP contribution in [-0.2, 0) is 13.6 Å². The summed E-state index contributed by atoms with van der Waals surface area (Å²) < 4.78 is 7.04. The molecule has 0 saturated heterocycles. The van der Waals surface area contributed by atoms with Crippen molar-refractivity contribution in [2.45, 2.75) is 6.54 Å². The van der Waals surface area contributed by atoms with Crippen molar-refractivity contribution in [3.05, 3.63) is 53.4 Å². The van der Waals surface area contributed by atoms with Crippen LogP contribution in [0, 0.1) is 0 Å². The molecule has 2 aromatic heterocycles. The zero-order chi connectivity index (χ0) is 16.9. The molecule has 8 heteroatoms. The van der Waals surface area contributed by atoms with Gasteiger partial charge in [-0.25, -0.2) is 4.98 Å². The average molecular weight is 345 g/mol. The number of hydrogen-bond donors (Lipinski definition) is 2. The van der Waals surface area contributed by atoms with Crippen LogP contribution in [0.3, 0.4) is 0 Å². The van der Waals surface area contributed by atoms with Crippen LogP contribution in [0.5, 0.6) is 5.75 Å². The van der Waals surface area contributed by atoms with Crippen LogP contribution >= 0.6 is 11.6 Å². The maximum absolute atomic E-state index is 6.18. The number of halogens is 1. The standard InChI is InChI=1S/C16H17ClN6O/c1-23-10-12(8-20-23)21-16-19-9-13(17)15(22-16)18-7-11-5-3-4-6-14(11)24-2/h3-6,8-10H,7H2,1-2H3,(H2,18,19,21,22). The predicted molar refractivity (Wildman–Crippen MR) is 93.9 cm³/mol. The number of para-hydroxylation sites is 1. The van der Waals surface area contributed by atoms with Gasteiger partial charge < -0.3 is 15.4 Å². The monoisotopic (exact) mass is 344 g/mol. The van der Waals surface area contributed by atoms with E-state index in [0.717, 1.165) is 17.0 Å². The van der Waals surface area contributed by atoms with Crippen molar-refractivity contribution in [1.82, 2.24) is 19.7 Å². The summed E-state index contributed by atoms with van der Waals surface area (Å²) >= 11 is 6.18. The van der Waals surface area contributed by atoms with Gasteiger partial charge in [0.15, 0.2) is 5.82 Å². The Labute approximate surface area is 144 Å². The molecule has 2 heterocycles. The van der Waals surface area contributed by atoms with Crippen LogP contribution in [0.1, 0.15) is 5.56 Å². The zero-order valence-electron chi connectivity index (χ0n) is 13.3. The fourth-order valence-corrected chi connectivity index (χ4v) is 2.35. The molecule has 0 saturated carbocycles. The molecule has 0 bridgehead atoms. The van der Waals surface area contributed by atoms with E-state index in [4.69, 9.17) is 16.3 Å². The highest BCUT2D eigenvalue weighted by Crippen LogP contribution is 2.23. The van der Waals surface area contributed by atoms with Gasteiger partial charge in [-0.15, -0.1) is 0 Å². The summed E-state index contributed by atoms with van der Waals surface area (Å²) in [7, 11) is 3.49. The molecule has 3 rings (SSSR count). The largest absolute Gasteiger partial charge is 0.496 e. The van der Waals surface area contributed by atoms with Crippen molar-refractivity contribution in [3.8, 4) is 5.75 Å². The highest BCUT2D eigenvalue weighted by Gasteiger charge is 2.08. The summed E-state index contributed by atoms with van der Waals surface area (Å²) in [6, 6.07) is 7.77. The number of benzene rings is 1. The Morgan fingerprint density at radius 2 is 2.08 bits per heavy atom. The van der Waals surface area contributed by atoms with Crippen molar-refractivity contribution in [2.75, 3.05) is 17.7 Å². The molecule has 3 aromatic rings. The lowest BCUT2D eigenvalue weighted by Gasteiger charge is -2.11. The van der Waals surface area contributed by atoms with Crippen LogP contribution < -0.4 is 15.4 Å².